The van der Waals surface area contributed by atoms with E-state index >= 15 is 0 Å². The minimum atomic E-state index is 0.627. The Morgan fingerprint density at radius 1 is 1.50 bits per heavy atom. The van der Waals surface area contributed by atoms with Crippen molar-refractivity contribution in [2.75, 3.05) is 30.4 Å². The van der Waals surface area contributed by atoms with Crippen molar-refractivity contribution in [1.29, 1.82) is 0 Å². The normalized spacial score (nSPS) is 30.6. The maximum Gasteiger partial charge on any atom is 0.0191 e. The predicted octanol–water partition coefficient (Wildman–Crippen LogP) is 2.99. The molecule has 0 N–H and O–H groups in total. The molecule has 0 aromatic carbocycles. The van der Waals surface area contributed by atoms with E-state index in [1.54, 1.807) is 0 Å². The fourth-order valence-corrected chi connectivity index (χ4v) is 4.58. The summed E-state index contributed by atoms with van der Waals surface area (Å²) < 4.78 is 0. The second kappa shape index (κ2) is 4.75. The Morgan fingerprint density at radius 3 is 2.71 bits per heavy atom. The highest BCUT2D eigenvalue weighted by molar-refractivity contribution is 9.09. The van der Waals surface area contributed by atoms with Crippen molar-refractivity contribution in [2.45, 2.75) is 31.7 Å². The zero-order chi connectivity index (χ0) is 10.0. The Morgan fingerprint density at radius 2 is 2.29 bits per heavy atom. The van der Waals surface area contributed by atoms with Gasteiger partial charge in [-0.1, -0.05) is 22.4 Å². The monoisotopic (exact) mass is 277 g/mol. The molecule has 1 nitrogen and oxygen atoms in total. The molecule has 3 heteroatoms. The van der Waals surface area contributed by atoms with E-state index in [2.05, 4.69) is 39.6 Å². The lowest BCUT2D eigenvalue weighted by Crippen LogP contribution is -2.45. The molecule has 2 fully saturated rings. The van der Waals surface area contributed by atoms with Crippen LogP contribution in [-0.2, 0) is 0 Å². The van der Waals surface area contributed by atoms with Gasteiger partial charge in [-0.05, 0) is 37.5 Å². The third-order valence-corrected chi connectivity index (χ3v) is 6.15. The molecule has 1 atom stereocenters. The summed E-state index contributed by atoms with van der Waals surface area (Å²) in [5.41, 5.74) is 0.627. The van der Waals surface area contributed by atoms with Crippen LogP contribution in [0.2, 0.25) is 0 Å². The summed E-state index contributed by atoms with van der Waals surface area (Å²) in [5.74, 6) is 2.73. The largest absolute Gasteiger partial charge is 0.302 e. The van der Waals surface area contributed by atoms with E-state index in [1.807, 2.05) is 0 Å². The van der Waals surface area contributed by atoms with Gasteiger partial charge in [0.25, 0.3) is 0 Å². The Kier molecular flexibility index (Phi) is 3.83. The van der Waals surface area contributed by atoms with Gasteiger partial charge in [-0.2, -0.15) is 11.8 Å². The van der Waals surface area contributed by atoms with Gasteiger partial charge in [-0.3, -0.25) is 0 Å². The van der Waals surface area contributed by atoms with E-state index in [9.17, 15) is 0 Å². The summed E-state index contributed by atoms with van der Waals surface area (Å²) in [7, 11) is 2.32. The molecule has 2 aliphatic rings. The van der Waals surface area contributed by atoms with Crippen LogP contribution in [0.25, 0.3) is 0 Å². The summed E-state index contributed by atoms with van der Waals surface area (Å²) in [4.78, 5) is 2.61. The van der Waals surface area contributed by atoms with Gasteiger partial charge in [0.1, 0.15) is 0 Å². The minimum absolute atomic E-state index is 0.627. The van der Waals surface area contributed by atoms with Gasteiger partial charge >= 0.3 is 0 Å². The van der Waals surface area contributed by atoms with Gasteiger partial charge in [-0.15, -0.1) is 0 Å². The second-order valence-electron chi connectivity index (χ2n) is 4.92. The number of rotatable bonds is 4. The van der Waals surface area contributed by atoms with Gasteiger partial charge in [-0.25, -0.2) is 0 Å². The number of hydrogen-bond acceptors (Lipinski definition) is 2. The van der Waals surface area contributed by atoms with Gasteiger partial charge < -0.3 is 4.90 Å². The van der Waals surface area contributed by atoms with Crippen molar-refractivity contribution >= 4 is 27.7 Å². The lowest BCUT2D eigenvalue weighted by molar-refractivity contribution is 0.0880. The fraction of sp³-hybridized carbons (Fsp3) is 1.00. The van der Waals surface area contributed by atoms with Crippen LogP contribution >= 0.6 is 27.7 Å². The third kappa shape index (κ3) is 2.30. The highest BCUT2D eigenvalue weighted by atomic mass is 79.9. The molecule has 14 heavy (non-hydrogen) atoms. The molecule has 0 aromatic heterocycles. The smallest absolute Gasteiger partial charge is 0.0191 e. The first kappa shape index (κ1) is 11.3. The molecular formula is C11H20BrNS. The fourth-order valence-electron chi connectivity index (χ4n) is 2.54. The first-order valence-electron chi connectivity index (χ1n) is 5.60. The molecule has 1 heterocycles. The summed E-state index contributed by atoms with van der Waals surface area (Å²) in [6.07, 6.45) is 5.71. The van der Waals surface area contributed by atoms with Gasteiger partial charge in [0, 0.05) is 23.7 Å². The van der Waals surface area contributed by atoms with Crippen LogP contribution in [0.15, 0.2) is 0 Å². The number of alkyl halides is 1. The molecule has 1 aliphatic carbocycles. The average Bonchev–Trinajstić information content (AvgIpc) is 2.63. The summed E-state index contributed by atoms with van der Waals surface area (Å²) in [6.45, 7) is 1.31. The van der Waals surface area contributed by atoms with Crippen molar-refractivity contribution in [3.05, 3.63) is 0 Å². The first-order valence-corrected chi connectivity index (χ1v) is 7.87. The van der Waals surface area contributed by atoms with Gasteiger partial charge in [0.2, 0.25) is 0 Å². The zero-order valence-corrected chi connectivity index (χ0v) is 11.4. The Balaban J connectivity index is 1.83. The average molecular weight is 278 g/mol. The molecule has 0 bridgehead atoms. The molecule has 2 rings (SSSR count). The van der Waals surface area contributed by atoms with Crippen LogP contribution in [0, 0.1) is 5.41 Å². The lowest BCUT2D eigenvalue weighted by atomic mass is 9.70. The van der Waals surface area contributed by atoms with Gasteiger partial charge in [0.15, 0.2) is 0 Å². The Labute approximate surface area is 100 Å². The van der Waals surface area contributed by atoms with E-state index in [0.717, 1.165) is 6.04 Å². The molecule has 0 spiro atoms. The molecule has 1 saturated carbocycles. The van der Waals surface area contributed by atoms with E-state index < -0.39 is 0 Å². The van der Waals surface area contributed by atoms with Crippen molar-refractivity contribution in [2.24, 2.45) is 5.41 Å². The summed E-state index contributed by atoms with van der Waals surface area (Å²) in [5, 5.41) is 1.20. The van der Waals surface area contributed by atoms with E-state index in [-0.39, 0.29) is 0 Å². The van der Waals surface area contributed by atoms with Crippen molar-refractivity contribution in [3.63, 3.8) is 0 Å². The maximum absolute atomic E-state index is 3.69. The van der Waals surface area contributed by atoms with Gasteiger partial charge in [0.05, 0.1) is 0 Å². The van der Waals surface area contributed by atoms with Crippen molar-refractivity contribution in [1.82, 2.24) is 4.90 Å². The van der Waals surface area contributed by atoms with E-state index in [0.29, 0.717) is 5.41 Å². The molecule has 1 aliphatic heterocycles. The SMILES string of the molecule is CN(CC1(CBr)CCC1)C1CCSC1. The lowest BCUT2D eigenvalue weighted by Gasteiger charge is -2.44. The minimum Gasteiger partial charge on any atom is -0.302 e. The van der Waals surface area contributed by atoms with Crippen LogP contribution in [0.1, 0.15) is 25.7 Å². The summed E-state index contributed by atoms with van der Waals surface area (Å²) >= 11 is 5.80. The molecule has 1 unspecified atom stereocenters. The second-order valence-corrected chi connectivity index (χ2v) is 6.63. The predicted molar refractivity (Wildman–Crippen MR) is 68.4 cm³/mol. The van der Waals surface area contributed by atoms with Crippen LogP contribution in [-0.4, -0.2) is 41.4 Å². The standard InChI is InChI=1S/C11H20BrNS/c1-13(10-3-6-14-7-10)9-11(8-12)4-2-5-11/h10H,2-9H2,1H3. The van der Waals surface area contributed by atoms with Crippen LogP contribution in [0.4, 0.5) is 0 Å². The molecule has 0 aromatic rings. The first-order chi connectivity index (χ1) is 6.76. The zero-order valence-electron chi connectivity index (χ0n) is 8.97. The van der Waals surface area contributed by atoms with Crippen LogP contribution < -0.4 is 0 Å². The molecule has 0 amide bonds. The molecule has 0 radical (unpaired) electrons. The number of halogens is 1. The third-order valence-electron chi connectivity index (χ3n) is 3.81. The highest BCUT2D eigenvalue weighted by Gasteiger charge is 2.38. The molecular weight excluding hydrogens is 258 g/mol. The van der Waals surface area contributed by atoms with E-state index in [4.69, 9.17) is 0 Å². The molecule has 82 valence electrons. The molecule has 1 saturated heterocycles. The number of thioether (sulfide) groups is 1. The summed E-state index contributed by atoms with van der Waals surface area (Å²) in [6, 6.07) is 0.858. The van der Waals surface area contributed by atoms with Crippen LogP contribution in [0.5, 0.6) is 0 Å². The number of hydrogen-bond donors (Lipinski definition) is 0. The van der Waals surface area contributed by atoms with Crippen LogP contribution in [0.3, 0.4) is 0 Å². The number of nitrogens with zero attached hydrogens (tertiary/aromatic N) is 1. The topological polar surface area (TPSA) is 3.24 Å². The van der Waals surface area contributed by atoms with E-state index in [1.165, 1.54) is 49.1 Å². The van der Waals surface area contributed by atoms with Crippen molar-refractivity contribution < 1.29 is 0 Å². The quantitative estimate of drug-likeness (QED) is 0.727. The van der Waals surface area contributed by atoms with Crippen molar-refractivity contribution in [3.8, 4) is 0 Å². The maximum atomic E-state index is 3.69. The highest BCUT2D eigenvalue weighted by Crippen LogP contribution is 2.43. The Bertz CT molecular complexity index is 182. The Hall–Kier alpha value is 0.790.